The molecule has 1 amide bonds. The molecule has 0 fully saturated rings. The van der Waals surface area contributed by atoms with Crippen LogP contribution >= 0.6 is 7.82 Å². The largest absolute Gasteiger partial charge is 0.756 e. The molecule has 53 heavy (non-hydrogen) atoms. The molecule has 0 aromatic heterocycles. The van der Waals surface area contributed by atoms with E-state index in [0.29, 0.717) is 23.9 Å². The summed E-state index contributed by atoms with van der Waals surface area (Å²) in [6.07, 6.45) is 43.9. The SMILES string of the molecule is CC/C=C\C/C=C\C/C=C\C/C=C\CCCCCCCCC(=O)NC(COP(=O)([O-])OCC[N+](C)(C)C)C(O)CCCCCCCCCCCCCC. The van der Waals surface area contributed by atoms with Gasteiger partial charge < -0.3 is 28.8 Å². The number of likely N-dealkylation sites (N-methyl/N-ethyl adjacent to an activating group) is 1. The summed E-state index contributed by atoms with van der Waals surface area (Å²) < 4.78 is 23.2. The molecule has 0 bridgehead atoms. The normalized spacial score (nSPS) is 14.9. The minimum absolute atomic E-state index is 0.00709. The van der Waals surface area contributed by atoms with Crippen LogP contribution in [-0.2, 0) is 18.4 Å². The highest BCUT2D eigenvalue weighted by molar-refractivity contribution is 7.45. The highest BCUT2D eigenvalue weighted by Gasteiger charge is 2.24. The Balaban J connectivity index is 4.40. The molecule has 310 valence electrons. The van der Waals surface area contributed by atoms with Crippen molar-refractivity contribution < 1.29 is 32.9 Å². The van der Waals surface area contributed by atoms with E-state index in [0.717, 1.165) is 77.0 Å². The van der Waals surface area contributed by atoms with Gasteiger partial charge in [-0.25, -0.2) is 0 Å². The molecule has 0 saturated carbocycles. The summed E-state index contributed by atoms with van der Waals surface area (Å²) in [5.41, 5.74) is 0. The van der Waals surface area contributed by atoms with Gasteiger partial charge in [-0.2, -0.15) is 0 Å². The van der Waals surface area contributed by atoms with E-state index in [1.54, 1.807) is 0 Å². The smallest absolute Gasteiger partial charge is 0.268 e. The van der Waals surface area contributed by atoms with Crippen molar-refractivity contribution in [3.63, 3.8) is 0 Å². The van der Waals surface area contributed by atoms with Crippen molar-refractivity contribution in [1.82, 2.24) is 5.32 Å². The molecule has 0 rings (SSSR count). The maximum atomic E-state index is 12.8. The summed E-state index contributed by atoms with van der Waals surface area (Å²) in [6, 6.07) is -0.808. The topological polar surface area (TPSA) is 108 Å². The lowest BCUT2D eigenvalue weighted by Crippen LogP contribution is -2.46. The van der Waals surface area contributed by atoms with Gasteiger partial charge in [-0.1, -0.05) is 165 Å². The highest BCUT2D eigenvalue weighted by Crippen LogP contribution is 2.38. The van der Waals surface area contributed by atoms with Gasteiger partial charge in [0.05, 0.1) is 39.9 Å². The number of unbranched alkanes of at least 4 members (excludes halogenated alkanes) is 17. The van der Waals surface area contributed by atoms with Crippen LogP contribution in [0.5, 0.6) is 0 Å². The lowest BCUT2D eigenvalue weighted by Gasteiger charge is -2.30. The Morgan fingerprint density at radius 3 is 1.68 bits per heavy atom. The first kappa shape index (κ1) is 51.5. The number of allylic oxidation sites excluding steroid dienone is 8. The molecule has 0 heterocycles. The van der Waals surface area contributed by atoms with Crippen LogP contribution < -0.4 is 10.2 Å². The van der Waals surface area contributed by atoms with E-state index in [9.17, 15) is 19.4 Å². The van der Waals surface area contributed by atoms with E-state index in [1.807, 2.05) is 21.1 Å². The minimum Gasteiger partial charge on any atom is -0.756 e. The summed E-state index contributed by atoms with van der Waals surface area (Å²) >= 11 is 0. The molecule has 3 atom stereocenters. The second-order valence-corrected chi connectivity index (χ2v) is 17.1. The molecule has 8 nitrogen and oxygen atoms in total. The molecule has 0 aromatic carbocycles. The van der Waals surface area contributed by atoms with Gasteiger partial charge in [0.2, 0.25) is 5.91 Å². The fourth-order valence-electron chi connectivity index (χ4n) is 5.91. The lowest BCUT2D eigenvalue weighted by molar-refractivity contribution is -0.870. The van der Waals surface area contributed by atoms with E-state index >= 15 is 0 Å². The molecule has 0 aromatic rings. The van der Waals surface area contributed by atoms with Gasteiger partial charge in [0, 0.05) is 6.42 Å². The van der Waals surface area contributed by atoms with Crippen molar-refractivity contribution in [2.75, 3.05) is 40.9 Å². The Hall–Kier alpha value is -1.54. The number of carbonyl (C=O) groups excluding carboxylic acids is 1. The molecular weight excluding hydrogens is 683 g/mol. The molecule has 0 aliphatic rings. The molecule has 2 N–H and O–H groups in total. The van der Waals surface area contributed by atoms with Crippen molar-refractivity contribution in [2.45, 2.75) is 187 Å². The fourth-order valence-corrected chi connectivity index (χ4v) is 6.63. The Labute approximate surface area is 327 Å². The first-order valence-electron chi connectivity index (χ1n) is 21.5. The van der Waals surface area contributed by atoms with Crippen LogP contribution in [0.4, 0.5) is 0 Å². The molecular formula is C44H83N2O6P. The second-order valence-electron chi connectivity index (χ2n) is 15.7. The number of quaternary nitrogens is 1. The van der Waals surface area contributed by atoms with Crippen molar-refractivity contribution in [3.05, 3.63) is 48.6 Å². The number of aliphatic hydroxyl groups is 1. The third-order valence-corrected chi connectivity index (χ3v) is 10.3. The van der Waals surface area contributed by atoms with Crippen LogP contribution in [0.2, 0.25) is 0 Å². The van der Waals surface area contributed by atoms with Crippen molar-refractivity contribution in [2.24, 2.45) is 0 Å². The van der Waals surface area contributed by atoms with E-state index in [1.165, 1.54) is 70.6 Å². The Morgan fingerprint density at radius 2 is 1.15 bits per heavy atom. The van der Waals surface area contributed by atoms with E-state index < -0.39 is 20.0 Å². The van der Waals surface area contributed by atoms with Gasteiger partial charge in [-0.3, -0.25) is 9.36 Å². The summed E-state index contributed by atoms with van der Waals surface area (Å²) in [4.78, 5) is 25.3. The van der Waals surface area contributed by atoms with E-state index in [2.05, 4.69) is 67.8 Å². The van der Waals surface area contributed by atoms with Gasteiger partial charge in [0.25, 0.3) is 7.82 Å². The monoisotopic (exact) mass is 767 g/mol. The van der Waals surface area contributed by atoms with Gasteiger partial charge in [0.1, 0.15) is 13.2 Å². The van der Waals surface area contributed by atoms with Crippen molar-refractivity contribution >= 4 is 13.7 Å². The van der Waals surface area contributed by atoms with Crippen LogP contribution in [0.3, 0.4) is 0 Å². The maximum absolute atomic E-state index is 12.8. The third-order valence-electron chi connectivity index (χ3n) is 9.33. The molecule has 0 aliphatic carbocycles. The number of nitrogens with one attached hydrogen (secondary N) is 1. The van der Waals surface area contributed by atoms with Gasteiger partial charge in [-0.05, 0) is 51.4 Å². The molecule has 9 heteroatoms. The average molecular weight is 767 g/mol. The Kier molecular flexibility index (Phi) is 35.1. The highest BCUT2D eigenvalue weighted by atomic mass is 31.2. The van der Waals surface area contributed by atoms with E-state index in [-0.39, 0.29) is 19.1 Å². The zero-order valence-electron chi connectivity index (χ0n) is 35.0. The molecule has 0 saturated heterocycles. The first-order valence-corrected chi connectivity index (χ1v) is 22.9. The van der Waals surface area contributed by atoms with E-state index in [4.69, 9.17) is 9.05 Å². The lowest BCUT2D eigenvalue weighted by atomic mass is 10.0. The average Bonchev–Trinajstić information content (AvgIpc) is 3.10. The van der Waals surface area contributed by atoms with Gasteiger partial charge in [0.15, 0.2) is 0 Å². The number of rotatable bonds is 38. The number of hydrogen-bond donors (Lipinski definition) is 2. The number of aliphatic hydroxyl groups excluding tert-OH is 1. The van der Waals surface area contributed by atoms with Gasteiger partial charge >= 0.3 is 0 Å². The zero-order chi connectivity index (χ0) is 39.3. The zero-order valence-corrected chi connectivity index (χ0v) is 35.8. The third kappa shape index (κ3) is 38.5. The number of hydrogen-bond acceptors (Lipinski definition) is 6. The molecule has 0 radical (unpaired) electrons. The number of phosphoric ester groups is 1. The summed E-state index contributed by atoms with van der Waals surface area (Å²) in [7, 11) is 1.29. The predicted octanol–water partition coefficient (Wildman–Crippen LogP) is 11.1. The summed E-state index contributed by atoms with van der Waals surface area (Å²) in [5.74, 6) is -0.182. The predicted molar refractivity (Wildman–Crippen MR) is 224 cm³/mol. The van der Waals surface area contributed by atoms with Crippen molar-refractivity contribution in [3.8, 4) is 0 Å². The summed E-state index contributed by atoms with van der Waals surface area (Å²) in [6.45, 7) is 4.57. The van der Waals surface area contributed by atoms with Crippen LogP contribution in [0.25, 0.3) is 0 Å². The van der Waals surface area contributed by atoms with Crippen LogP contribution in [0.1, 0.15) is 174 Å². The quantitative estimate of drug-likeness (QED) is 0.0280. The molecule has 0 spiro atoms. The van der Waals surface area contributed by atoms with Gasteiger partial charge in [-0.15, -0.1) is 0 Å². The number of phosphoric acid groups is 1. The van der Waals surface area contributed by atoms with Crippen LogP contribution in [0, 0.1) is 0 Å². The fraction of sp³-hybridized carbons (Fsp3) is 0.795. The number of nitrogens with zero attached hydrogens (tertiary/aromatic N) is 1. The second kappa shape index (κ2) is 36.1. The standard InChI is InChI=1S/C44H83N2O6P/c1-6-8-10-12-14-16-18-20-21-22-23-24-25-26-28-30-32-34-36-38-44(48)45-42(41-52-53(49,50)51-40-39-46(3,4)5)43(47)37-35-33-31-29-27-19-17-15-13-11-9-7-2/h8,10,14,16,20-21,23-24,42-43,47H,6-7,9,11-13,15,17-19,22,25-41H2,1-5H3,(H-,45,48,49,50)/b10-8-,16-14-,21-20-,24-23-. The maximum Gasteiger partial charge on any atom is 0.268 e. The van der Waals surface area contributed by atoms with Crippen molar-refractivity contribution in [1.29, 1.82) is 0 Å². The Morgan fingerprint density at radius 1 is 0.679 bits per heavy atom. The first-order chi connectivity index (χ1) is 25.5. The summed E-state index contributed by atoms with van der Waals surface area (Å²) in [5, 5.41) is 13.9. The Bertz CT molecular complexity index is 1010. The molecule has 3 unspecified atom stereocenters. The number of amides is 1. The van der Waals surface area contributed by atoms with Crippen LogP contribution in [0.15, 0.2) is 48.6 Å². The molecule has 0 aliphatic heterocycles. The van der Waals surface area contributed by atoms with Crippen LogP contribution in [-0.4, -0.2) is 68.5 Å². The minimum atomic E-state index is -4.57. The number of carbonyl (C=O) groups is 1.